The maximum atomic E-state index is 6.57. The number of hydrogen-bond acceptors (Lipinski definition) is 2. The number of rotatable bonds is 3. The molecule has 3 nitrogen and oxygen atoms in total. The van der Waals surface area contributed by atoms with Crippen molar-refractivity contribution in [1.29, 1.82) is 0 Å². The molecule has 0 saturated heterocycles. The van der Waals surface area contributed by atoms with Crippen molar-refractivity contribution in [2.75, 3.05) is 0 Å². The molecule has 2 aromatic rings. The molecule has 0 spiro atoms. The molecule has 1 saturated carbocycles. The van der Waals surface area contributed by atoms with Gasteiger partial charge in [-0.2, -0.15) is 0 Å². The lowest BCUT2D eigenvalue weighted by Crippen LogP contribution is -2.38. The largest absolute Gasteiger partial charge is 0.324 e. The molecule has 1 fully saturated rings. The van der Waals surface area contributed by atoms with Crippen LogP contribution in [0.1, 0.15) is 45.5 Å². The first-order chi connectivity index (χ1) is 8.91. The molecule has 1 heterocycles. The Bertz CT molecular complexity index is 624. The number of nitrogens with zero attached hydrogens (tertiary/aromatic N) is 2. The van der Waals surface area contributed by atoms with Gasteiger partial charge in [0.25, 0.3) is 0 Å². The number of benzene rings is 1. The fourth-order valence-electron chi connectivity index (χ4n) is 2.83. The zero-order valence-corrected chi connectivity index (χ0v) is 12.4. The second kappa shape index (κ2) is 4.22. The number of halogens is 1. The highest BCUT2D eigenvalue weighted by Crippen LogP contribution is 2.44. The maximum Gasteiger partial charge on any atom is 0.130 e. The Morgan fingerprint density at radius 3 is 2.68 bits per heavy atom. The van der Waals surface area contributed by atoms with Crippen LogP contribution in [0.2, 0.25) is 5.02 Å². The summed E-state index contributed by atoms with van der Waals surface area (Å²) in [6.07, 6.45) is 2.41. The second-order valence-electron chi connectivity index (χ2n) is 6.09. The molecule has 0 radical (unpaired) electrons. The summed E-state index contributed by atoms with van der Waals surface area (Å²) in [5.74, 6) is 1.54. The van der Waals surface area contributed by atoms with Gasteiger partial charge < -0.3 is 10.3 Å². The van der Waals surface area contributed by atoms with Gasteiger partial charge in [-0.1, -0.05) is 11.6 Å². The normalized spacial score (nSPS) is 19.1. The molecule has 19 heavy (non-hydrogen) atoms. The molecule has 102 valence electrons. The first-order valence-electron chi connectivity index (χ1n) is 6.88. The van der Waals surface area contributed by atoms with Gasteiger partial charge in [0.2, 0.25) is 0 Å². The summed E-state index contributed by atoms with van der Waals surface area (Å²) >= 11 is 6.12. The molecular formula is C15H20ClN3. The van der Waals surface area contributed by atoms with Crippen LogP contribution in [0, 0.1) is 5.92 Å². The quantitative estimate of drug-likeness (QED) is 0.926. The lowest BCUT2D eigenvalue weighted by Gasteiger charge is -2.26. The van der Waals surface area contributed by atoms with E-state index >= 15 is 0 Å². The van der Waals surface area contributed by atoms with Gasteiger partial charge in [-0.15, -0.1) is 0 Å². The Hall–Kier alpha value is -1.06. The zero-order chi connectivity index (χ0) is 13.8. The number of aromatic nitrogens is 2. The number of imidazole rings is 1. The van der Waals surface area contributed by atoms with Gasteiger partial charge in [-0.05, 0) is 57.7 Å². The number of nitrogens with two attached hydrogens (primary N) is 1. The predicted molar refractivity (Wildman–Crippen MR) is 79.4 cm³/mol. The Balaban J connectivity index is 2.26. The Labute approximate surface area is 118 Å². The molecule has 4 heteroatoms. The first kappa shape index (κ1) is 12.9. The van der Waals surface area contributed by atoms with Gasteiger partial charge in [0.15, 0.2) is 0 Å². The van der Waals surface area contributed by atoms with Gasteiger partial charge in [-0.25, -0.2) is 4.98 Å². The summed E-state index contributed by atoms with van der Waals surface area (Å²) in [6.45, 7) is 6.43. The number of fused-ring (bicyclic) bond motifs is 1. The minimum atomic E-state index is -0.351. The van der Waals surface area contributed by atoms with E-state index in [2.05, 4.69) is 25.3 Å². The van der Waals surface area contributed by atoms with E-state index in [1.807, 2.05) is 18.2 Å². The van der Waals surface area contributed by atoms with E-state index in [4.69, 9.17) is 22.3 Å². The van der Waals surface area contributed by atoms with Crippen molar-refractivity contribution in [3.8, 4) is 0 Å². The van der Waals surface area contributed by atoms with Crippen molar-refractivity contribution in [2.45, 2.75) is 45.2 Å². The molecule has 1 aliphatic carbocycles. The zero-order valence-electron chi connectivity index (χ0n) is 11.7. The third-order valence-electron chi connectivity index (χ3n) is 4.08. The van der Waals surface area contributed by atoms with Gasteiger partial charge in [-0.3, -0.25) is 0 Å². The van der Waals surface area contributed by atoms with Crippen LogP contribution in [0.4, 0.5) is 0 Å². The van der Waals surface area contributed by atoms with Crippen molar-refractivity contribution in [2.24, 2.45) is 11.7 Å². The molecule has 1 aromatic carbocycles. The molecule has 0 amide bonds. The highest BCUT2D eigenvalue weighted by molar-refractivity contribution is 6.31. The lowest BCUT2D eigenvalue weighted by molar-refractivity contribution is 0.373. The molecule has 1 atom stereocenters. The fourth-order valence-corrected chi connectivity index (χ4v) is 3.00. The fraction of sp³-hybridized carbons (Fsp3) is 0.533. The summed E-state index contributed by atoms with van der Waals surface area (Å²) in [5, 5.41) is 0.742. The first-order valence-corrected chi connectivity index (χ1v) is 7.26. The highest BCUT2D eigenvalue weighted by Gasteiger charge is 2.43. The lowest BCUT2D eigenvalue weighted by atomic mass is 9.96. The number of hydrogen-bond donors (Lipinski definition) is 1. The van der Waals surface area contributed by atoms with Crippen LogP contribution in [0.3, 0.4) is 0 Å². The molecule has 2 N–H and O–H groups in total. The molecular weight excluding hydrogens is 258 g/mol. The van der Waals surface area contributed by atoms with Gasteiger partial charge >= 0.3 is 0 Å². The van der Waals surface area contributed by atoms with Crippen molar-refractivity contribution >= 4 is 22.6 Å². The van der Waals surface area contributed by atoms with Crippen molar-refractivity contribution in [3.63, 3.8) is 0 Å². The summed E-state index contributed by atoms with van der Waals surface area (Å²) < 4.78 is 2.24. The van der Waals surface area contributed by atoms with E-state index in [0.717, 1.165) is 21.9 Å². The molecule has 0 aliphatic heterocycles. The van der Waals surface area contributed by atoms with E-state index in [9.17, 15) is 0 Å². The Morgan fingerprint density at radius 1 is 1.42 bits per heavy atom. The van der Waals surface area contributed by atoms with Crippen LogP contribution in [-0.2, 0) is 5.54 Å². The Kier molecular flexibility index (Phi) is 2.88. The predicted octanol–water partition coefficient (Wildman–Crippen LogP) is 3.85. The van der Waals surface area contributed by atoms with Gasteiger partial charge in [0.05, 0.1) is 16.6 Å². The standard InChI is InChI=1S/C15H20ClN3/c1-9(2)19-13-8-11(16)6-7-12(13)18-14(19)15(3,17)10-4-5-10/h6-10H,4-5,17H2,1-3H3. The summed E-state index contributed by atoms with van der Waals surface area (Å²) in [4.78, 5) is 4.79. The monoisotopic (exact) mass is 277 g/mol. The van der Waals surface area contributed by atoms with Crippen LogP contribution in [0.5, 0.6) is 0 Å². The van der Waals surface area contributed by atoms with Crippen molar-refractivity contribution in [3.05, 3.63) is 29.0 Å². The van der Waals surface area contributed by atoms with Crippen molar-refractivity contribution in [1.82, 2.24) is 9.55 Å². The molecule has 0 bridgehead atoms. The second-order valence-corrected chi connectivity index (χ2v) is 6.53. The van der Waals surface area contributed by atoms with E-state index < -0.39 is 0 Å². The summed E-state index contributed by atoms with van der Waals surface area (Å²) in [5.41, 5.74) is 8.27. The summed E-state index contributed by atoms with van der Waals surface area (Å²) in [6, 6.07) is 6.16. The van der Waals surface area contributed by atoms with Crippen LogP contribution < -0.4 is 5.73 Å². The SMILES string of the molecule is CC(C)n1c(C(C)(N)C2CC2)nc2ccc(Cl)cc21. The average Bonchev–Trinajstić information content (AvgIpc) is 3.10. The third kappa shape index (κ3) is 2.05. The Morgan fingerprint density at radius 2 is 2.11 bits per heavy atom. The van der Waals surface area contributed by atoms with E-state index in [1.165, 1.54) is 12.8 Å². The maximum absolute atomic E-state index is 6.57. The van der Waals surface area contributed by atoms with E-state index in [0.29, 0.717) is 12.0 Å². The van der Waals surface area contributed by atoms with Crippen LogP contribution in [0.15, 0.2) is 18.2 Å². The smallest absolute Gasteiger partial charge is 0.130 e. The summed E-state index contributed by atoms with van der Waals surface area (Å²) in [7, 11) is 0. The minimum absolute atomic E-state index is 0.320. The van der Waals surface area contributed by atoms with Crippen molar-refractivity contribution < 1.29 is 0 Å². The van der Waals surface area contributed by atoms with Crippen LogP contribution in [-0.4, -0.2) is 9.55 Å². The van der Waals surface area contributed by atoms with E-state index in [-0.39, 0.29) is 5.54 Å². The minimum Gasteiger partial charge on any atom is -0.324 e. The molecule has 1 aromatic heterocycles. The molecule has 1 aliphatic rings. The van der Waals surface area contributed by atoms with E-state index in [1.54, 1.807) is 0 Å². The van der Waals surface area contributed by atoms with Crippen LogP contribution >= 0.6 is 11.6 Å². The molecule has 3 rings (SSSR count). The van der Waals surface area contributed by atoms with Crippen LogP contribution in [0.25, 0.3) is 11.0 Å². The third-order valence-corrected chi connectivity index (χ3v) is 4.31. The molecule has 1 unspecified atom stereocenters. The van der Waals surface area contributed by atoms with Gasteiger partial charge in [0, 0.05) is 11.1 Å². The topological polar surface area (TPSA) is 43.8 Å². The average molecular weight is 278 g/mol. The van der Waals surface area contributed by atoms with Gasteiger partial charge in [0.1, 0.15) is 5.82 Å². The highest BCUT2D eigenvalue weighted by atomic mass is 35.5.